The Morgan fingerprint density at radius 2 is 2.27 bits per heavy atom. The van der Waals surface area contributed by atoms with E-state index in [-0.39, 0.29) is 12.0 Å². The first-order chi connectivity index (χ1) is 10.6. The molecule has 6 heteroatoms. The number of methoxy groups -OCH3 is 1. The van der Waals surface area contributed by atoms with Crippen molar-refractivity contribution in [2.75, 3.05) is 18.2 Å². The molecule has 1 aliphatic carbocycles. The lowest BCUT2D eigenvalue weighted by molar-refractivity contribution is -0.141. The van der Waals surface area contributed by atoms with Crippen LogP contribution in [0.15, 0.2) is 24.4 Å². The predicted molar refractivity (Wildman–Crippen MR) is 85.1 cm³/mol. The normalized spacial score (nSPS) is 21.0. The van der Waals surface area contributed by atoms with Crippen molar-refractivity contribution in [3.63, 3.8) is 0 Å². The van der Waals surface area contributed by atoms with Gasteiger partial charge in [-0.25, -0.2) is 0 Å². The van der Waals surface area contributed by atoms with Crippen LogP contribution in [0.5, 0.6) is 5.75 Å². The highest BCUT2D eigenvalue weighted by Gasteiger charge is 2.30. The molecule has 1 aromatic heterocycles. The number of anilines is 2. The van der Waals surface area contributed by atoms with Gasteiger partial charge in [-0.05, 0) is 25.3 Å². The zero-order valence-electron chi connectivity index (χ0n) is 12.4. The zero-order valence-corrected chi connectivity index (χ0v) is 12.4. The number of benzene rings is 1. The Hall–Kier alpha value is -2.50. The second-order valence-corrected chi connectivity index (χ2v) is 5.63. The SMILES string of the molecule is COc1cccc2c(NC3CCC(C(=O)O)C3)c(N)cnc12. The van der Waals surface area contributed by atoms with Crippen molar-refractivity contribution in [3.05, 3.63) is 24.4 Å². The number of carbonyl (C=O) groups is 1. The molecule has 0 spiro atoms. The maximum atomic E-state index is 11.1. The summed E-state index contributed by atoms with van der Waals surface area (Å²) in [7, 11) is 1.61. The number of aromatic nitrogens is 1. The van der Waals surface area contributed by atoms with Gasteiger partial charge in [0.05, 0.1) is 30.6 Å². The number of nitrogens with two attached hydrogens (primary N) is 1. The average molecular weight is 301 g/mol. The molecule has 2 atom stereocenters. The van der Waals surface area contributed by atoms with Crippen LogP contribution in [0.2, 0.25) is 0 Å². The predicted octanol–water partition coefficient (Wildman–Crippen LogP) is 2.49. The van der Waals surface area contributed by atoms with Crippen molar-refractivity contribution in [1.29, 1.82) is 0 Å². The standard InChI is InChI=1S/C16H19N3O3/c1-22-13-4-2-3-11-14(12(17)8-18-15(11)13)19-10-6-5-9(7-10)16(20)21/h2-4,8-10H,5-7,17H2,1H3,(H,18,19)(H,20,21). The third-order valence-corrected chi connectivity index (χ3v) is 4.24. The minimum Gasteiger partial charge on any atom is -0.494 e. The average Bonchev–Trinajstić information content (AvgIpc) is 2.98. The Balaban J connectivity index is 1.94. The fourth-order valence-corrected chi connectivity index (χ4v) is 3.08. The van der Waals surface area contributed by atoms with Crippen LogP contribution in [0.3, 0.4) is 0 Å². The second-order valence-electron chi connectivity index (χ2n) is 5.63. The minimum absolute atomic E-state index is 0.111. The van der Waals surface area contributed by atoms with Gasteiger partial charge in [-0.2, -0.15) is 0 Å². The van der Waals surface area contributed by atoms with Crippen LogP contribution in [0.1, 0.15) is 19.3 Å². The fourth-order valence-electron chi connectivity index (χ4n) is 3.08. The first kappa shape index (κ1) is 14.4. The third-order valence-electron chi connectivity index (χ3n) is 4.24. The van der Waals surface area contributed by atoms with Gasteiger partial charge in [-0.15, -0.1) is 0 Å². The van der Waals surface area contributed by atoms with Crippen LogP contribution >= 0.6 is 0 Å². The number of nitrogens with zero attached hydrogens (tertiary/aromatic N) is 1. The van der Waals surface area contributed by atoms with E-state index in [1.54, 1.807) is 13.3 Å². The van der Waals surface area contributed by atoms with Crippen LogP contribution in [0, 0.1) is 5.92 Å². The van der Waals surface area contributed by atoms with Crippen LogP contribution in [-0.2, 0) is 4.79 Å². The second kappa shape index (κ2) is 5.71. The first-order valence-electron chi connectivity index (χ1n) is 7.30. The van der Waals surface area contributed by atoms with Crippen molar-refractivity contribution in [2.45, 2.75) is 25.3 Å². The molecular formula is C16H19N3O3. The number of ether oxygens (including phenoxy) is 1. The molecule has 1 heterocycles. The maximum Gasteiger partial charge on any atom is 0.306 e. The smallest absolute Gasteiger partial charge is 0.306 e. The van der Waals surface area contributed by atoms with Gasteiger partial charge in [0, 0.05) is 11.4 Å². The van der Waals surface area contributed by atoms with Crippen molar-refractivity contribution in [3.8, 4) is 5.75 Å². The molecule has 1 aliphatic rings. The van der Waals surface area contributed by atoms with Crippen molar-refractivity contribution < 1.29 is 14.6 Å². The van der Waals surface area contributed by atoms with E-state index in [2.05, 4.69) is 10.3 Å². The maximum absolute atomic E-state index is 11.1. The lowest BCUT2D eigenvalue weighted by Gasteiger charge is -2.18. The molecule has 1 fully saturated rings. The van der Waals surface area contributed by atoms with E-state index in [0.29, 0.717) is 24.3 Å². The van der Waals surface area contributed by atoms with Gasteiger partial charge in [-0.1, -0.05) is 12.1 Å². The molecule has 0 amide bonds. The summed E-state index contributed by atoms with van der Waals surface area (Å²) < 4.78 is 5.33. The largest absolute Gasteiger partial charge is 0.494 e. The lowest BCUT2D eigenvalue weighted by atomic mass is 10.1. The Kier molecular flexibility index (Phi) is 3.75. The van der Waals surface area contributed by atoms with E-state index in [9.17, 15) is 4.79 Å². The molecule has 2 unspecified atom stereocenters. The number of hydrogen-bond donors (Lipinski definition) is 3. The van der Waals surface area contributed by atoms with E-state index in [1.807, 2.05) is 18.2 Å². The number of rotatable bonds is 4. The van der Waals surface area contributed by atoms with Crippen LogP contribution in [-0.4, -0.2) is 29.2 Å². The highest BCUT2D eigenvalue weighted by Crippen LogP contribution is 2.36. The summed E-state index contributed by atoms with van der Waals surface area (Å²) in [5.74, 6) is -0.310. The molecule has 2 aromatic rings. The Bertz CT molecular complexity index is 717. The molecular weight excluding hydrogens is 282 g/mol. The van der Waals surface area contributed by atoms with Gasteiger partial charge in [0.25, 0.3) is 0 Å². The number of nitrogens with one attached hydrogen (secondary N) is 1. The number of carboxylic acid groups (broad SMARTS) is 1. The number of aliphatic carboxylic acids is 1. The summed E-state index contributed by atoms with van der Waals surface area (Å²) >= 11 is 0. The van der Waals surface area contributed by atoms with E-state index in [1.165, 1.54) is 0 Å². The molecule has 0 radical (unpaired) electrons. The summed E-state index contributed by atoms with van der Waals surface area (Å²) in [6, 6.07) is 5.79. The fraction of sp³-hybridized carbons (Fsp3) is 0.375. The molecule has 3 rings (SSSR count). The third kappa shape index (κ3) is 2.52. The van der Waals surface area contributed by atoms with Crippen molar-refractivity contribution in [1.82, 2.24) is 4.98 Å². The first-order valence-corrected chi connectivity index (χ1v) is 7.30. The van der Waals surface area contributed by atoms with Gasteiger partial charge in [-0.3, -0.25) is 9.78 Å². The molecule has 116 valence electrons. The van der Waals surface area contributed by atoms with Gasteiger partial charge >= 0.3 is 5.97 Å². The molecule has 0 aliphatic heterocycles. The number of fused-ring (bicyclic) bond motifs is 1. The van der Waals surface area contributed by atoms with Gasteiger partial charge in [0.15, 0.2) is 0 Å². The van der Waals surface area contributed by atoms with Crippen molar-refractivity contribution >= 4 is 28.2 Å². The summed E-state index contributed by atoms with van der Waals surface area (Å²) in [5.41, 5.74) is 8.17. The molecule has 0 bridgehead atoms. The Morgan fingerprint density at radius 1 is 1.45 bits per heavy atom. The molecule has 6 nitrogen and oxygen atoms in total. The van der Waals surface area contributed by atoms with Crippen LogP contribution in [0.4, 0.5) is 11.4 Å². The number of hydrogen-bond acceptors (Lipinski definition) is 5. The topological polar surface area (TPSA) is 97.5 Å². The number of pyridine rings is 1. The molecule has 22 heavy (non-hydrogen) atoms. The van der Waals surface area contributed by atoms with Crippen molar-refractivity contribution in [2.24, 2.45) is 5.92 Å². The van der Waals surface area contributed by atoms with E-state index in [0.717, 1.165) is 23.0 Å². The van der Waals surface area contributed by atoms with Crippen LogP contribution in [0.25, 0.3) is 10.9 Å². The van der Waals surface area contributed by atoms with E-state index < -0.39 is 5.97 Å². The molecule has 1 aromatic carbocycles. The minimum atomic E-state index is -0.724. The number of nitrogen functional groups attached to an aromatic ring is 1. The van der Waals surface area contributed by atoms with Crippen LogP contribution < -0.4 is 15.8 Å². The molecule has 4 N–H and O–H groups in total. The molecule has 0 saturated heterocycles. The summed E-state index contributed by atoms with van der Waals surface area (Å²) in [4.78, 5) is 15.4. The Labute approximate surface area is 128 Å². The lowest BCUT2D eigenvalue weighted by Crippen LogP contribution is -2.19. The van der Waals surface area contributed by atoms with E-state index in [4.69, 9.17) is 15.6 Å². The summed E-state index contributed by atoms with van der Waals surface area (Å²) in [6.07, 6.45) is 3.74. The number of carboxylic acids is 1. The highest BCUT2D eigenvalue weighted by molar-refractivity contribution is 5.99. The zero-order chi connectivity index (χ0) is 15.7. The van der Waals surface area contributed by atoms with Gasteiger partial charge < -0.3 is 20.9 Å². The Morgan fingerprint density at radius 3 is 2.95 bits per heavy atom. The summed E-state index contributed by atoms with van der Waals surface area (Å²) in [5, 5.41) is 13.4. The van der Waals surface area contributed by atoms with Gasteiger partial charge in [0.2, 0.25) is 0 Å². The summed E-state index contributed by atoms with van der Waals surface area (Å²) in [6.45, 7) is 0. The highest BCUT2D eigenvalue weighted by atomic mass is 16.5. The van der Waals surface area contributed by atoms with Gasteiger partial charge in [0.1, 0.15) is 11.3 Å². The monoisotopic (exact) mass is 301 g/mol. The number of para-hydroxylation sites is 1. The quantitative estimate of drug-likeness (QED) is 0.802. The molecule has 1 saturated carbocycles. The van der Waals surface area contributed by atoms with E-state index >= 15 is 0 Å².